The lowest BCUT2D eigenvalue weighted by Gasteiger charge is -2.29. The van der Waals surface area contributed by atoms with Gasteiger partial charge in [-0.25, -0.2) is 4.99 Å². The first-order valence-electron chi connectivity index (χ1n) is 15.0. The van der Waals surface area contributed by atoms with Gasteiger partial charge in [0.25, 0.3) is 0 Å². The monoisotopic (exact) mass is 540 g/mol. The molecule has 2 aromatic rings. The molecule has 4 nitrogen and oxygen atoms in total. The van der Waals surface area contributed by atoms with E-state index in [4.69, 9.17) is 16.6 Å². The van der Waals surface area contributed by atoms with E-state index in [0.717, 1.165) is 56.1 Å². The predicted octanol–water partition coefficient (Wildman–Crippen LogP) is 9.73. The topological polar surface area (TPSA) is 48.5 Å². The van der Waals surface area contributed by atoms with E-state index < -0.39 is 0 Å². The lowest BCUT2D eigenvalue weighted by atomic mass is 9.98. The Morgan fingerprint density at radius 3 is 2.29 bits per heavy atom. The molecular formula is C33H53ClN4. The molecule has 3 N–H and O–H groups in total. The van der Waals surface area contributed by atoms with Crippen LogP contribution in [-0.4, -0.2) is 25.0 Å². The highest BCUT2D eigenvalue weighted by Gasteiger charge is 2.23. The Morgan fingerprint density at radius 2 is 1.66 bits per heavy atom. The number of allylic oxidation sites excluding steroid dienone is 4. The van der Waals surface area contributed by atoms with Crippen LogP contribution in [0.4, 0.5) is 5.69 Å². The van der Waals surface area contributed by atoms with Crippen molar-refractivity contribution in [2.75, 3.05) is 18.4 Å². The zero-order valence-electron chi connectivity index (χ0n) is 25.3. The molecule has 2 unspecified atom stereocenters. The molecule has 0 aromatic heterocycles. The van der Waals surface area contributed by atoms with Gasteiger partial charge in [0, 0.05) is 28.7 Å². The van der Waals surface area contributed by atoms with Crippen molar-refractivity contribution in [3.8, 4) is 0 Å². The Balaban J connectivity index is 0.00000112. The number of aliphatic imine (C=N–C) groups is 1. The summed E-state index contributed by atoms with van der Waals surface area (Å²) in [4.78, 5) is 5.12. The molecule has 0 fully saturated rings. The van der Waals surface area contributed by atoms with Gasteiger partial charge in [-0.1, -0.05) is 96.0 Å². The van der Waals surface area contributed by atoms with Gasteiger partial charge in [-0.3, -0.25) is 5.32 Å². The summed E-state index contributed by atoms with van der Waals surface area (Å²) < 4.78 is 0. The molecule has 0 amide bonds. The number of amidine groups is 1. The van der Waals surface area contributed by atoms with E-state index in [0.29, 0.717) is 6.04 Å². The molecule has 0 saturated carbocycles. The summed E-state index contributed by atoms with van der Waals surface area (Å²) >= 11 is 6.12. The van der Waals surface area contributed by atoms with E-state index in [1.807, 2.05) is 47.6 Å². The number of benzene rings is 2. The minimum absolute atomic E-state index is 0.0188. The van der Waals surface area contributed by atoms with Crippen LogP contribution in [0.2, 0.25) is 0 Å². The van der Waals surface area contributed by atoms with Gasteiger partial charge in [0.1, 0.15) is 12.0 Å². The third-order valence-corrected chi connectivity index (χ3v) is 6.64. The maximum atomic E-state index is 6.12. The highest BCUT2D eigenvalue weighted by molar-refractivity contribution is 6.29. The first-order chi connectivity index (χ1) is 18.6. The van der Waals surface area contributed by atoms with Crippen LogP contribution >= 0.6 is 11.6 Å². The number of hydrogen-bond donors (Lipinski definition) is 3. The zero-order valence-corrected chi connectivity index (χ0v) is 26.0. The van der Waals surface area contributed by atoms with Crippen LogP contribution in [0.1, 0.15) is 106 Å². The van der Waals surface area contributed by atoms with Crippen molar-refractivity contribution < 1.29 is 0 Å². The number of anilines is 1. The molecule has 1 heterocycles. The van der Waals surface area contributed by atoms with Crippen LogP contribution in [0.25, 0.3) is 10.8 Å². The van der Waals surface area contributed by atoms with E-state index >= 15 is 0 Å². The number of fused-ring (bicyclic) bond motifs is 2. The van der Waals surface area contributed by atoms with Gasteiger partial charge in [0.2, 0.25) is 0 Å². The van der Waals surface area contributed by atoms with E-state index in [-0.39, 0.29) is 6.17 Å². The highest BCUT2D eigenvalue weighted by atomic mass is 35.5. The number of halogens is 1. The molecule has 2 aromatic carbocycles. The molecule has 4 rings (SSSR count). The standard InChI is InChI=1S/C27H35ClN4.3C2H6/c1-3-29-16-6-7-19(2)30-27-24-17-21-8-4-5-9-22(21)18-25(24)31-26(32-27)15-12-20-10-13-23(28)14-11-20;3*1-2/h4-5,8-10,13,17-19,27,29-30H,3,6-7,11-12,14-16H2,1-2H3,(H,31,32);3*1-2H3. The minimum atomic E-state index is -0.0188. The smallest absolute Gasteiger partial charge is 0.129 e. The summed E-state index contributed by atoms with van der Waals surface area (Å²) in [5.74, 6) is 1.06. The Labute approximate surface area is 238 Å². The van der Waals surface area contributed by atoms with Crippen molar-refractivity contribution >= 4 is 33.9 Å². The highest BCUT2D eigenvalue weighted by Crippen LogP contribution is 2.34. The molecule has 2 atom stereocenters. The molecule has 2 aliphatic rings. The second-order valence-corrected chi connectivity index (χ2v) is 9.38. The van der Waals surface area contributed by atoms with Gasteiger partial charge in [-0.05, 0) is 81.1 Å². The van der Waals surface area contributed by atoms with Crippen molar-refractivity contribution in [3.63, 3.8) is 0 Å². The van der Waals surface area contributed by atoms with Crippen LogP contribution < -0.4 is 16.0 Å². The van der Waals surface area contributed by atoms with Crippen molar-refractivity contribution in [1.82, 2.24) is 10.6 Å². The number of nitrogens with zero attached hydrogens (tertiary/aromatic N) is 1. The fourth-order valence-electron chi connectivity index (χ4n) is 4.46. The predicted molar refractivity (Wildman–Crippen MR) is 173 cm³/mol. The average Bonchev–Trinajstić information content (AvgIpc) is 2.97. The summed E-state index contributed by atoms with van der Waals surface area (Å²) in [5, 5.41) is 14.3. The molecule has 0 saturated heterocycles. The third kappa shape index (κ3) is 10.9. The summed E-state index contributed by atoms with van der Waals surface area (Å²) in [6.07, 6.45) is 10.4. The van der Waals surface area contributed by atoms with Crippen molar-refractivity contribution in [1.29, 1.82) is 0 Å². The maximum Gasteiger partial charge on any atom is 0.129 e. The normalized spacial score (nSPS) is 16.4. The lowest BCUT2D eigenvalue weighted by molar-refractivity contribution is 0.431. The Kier molecular flexibility index (Phi) is 17.7. The maximum absolute atomic E-state index is 6.12. The fraction of sp³-hybridized carbons (Fsp3) is 0.545. The van der Waals surface area contributed by atoms with Crippen molar-refractivity contribution in [3.05, 3.63) is 64.7 Å². The van der Waals surface area contributed by atoms with Crippen LogP contribution in [0.3, 0.4) is 0 Å². The number of hydrogen-bond acceptors (Lipinski definition) is 4. The quantitative estimate of drug-likeness (QED) is 0.263. The second-order valence-electron chi connectivity index (χ2n) is 8.89. The summed E-state index contributed by atoms with van der Waals surface area (Å²) in [7, 11) is 0. The van der Waals surface area contributed by atoms with E-state index in [1.54, 1.807) is 0 Å². The first-order valence-corrected chi connectivity index (χ1v) is 15.4. The molecule has 212 valence electrons. The van der Waals surface area contributed by atoms with Crippen molar-refractivity contribution in [2.45, 2.75) is 106 Å². The molecule has 0 spiro atoms. The molecule has 5 heteroatoms. The molecular weight excluding hydrogens is 488 g/mol. The second kappa shape index (κ2) is 19.9. The third-order valence-electron chi connectivity index (χ3n) is 6.33. The average molecular weight is 541 g/mol. The summed E-state index contributed by atoms with van der Waals surface area (Å²) in [6.45, 7) is 18.5. The van der Waals surface area contributed by atoms with Gasteiger partial charge in [0.15, 0.2) is 0 Å². The SMILES string of the molecule is CC.CC.CC.CCNCCCC(C)NC1N=C(CCC2=CC=C(Cl)CC2)Nc2cc3ccccc3cc21. The van der Waals surface area contributed by atoms with Gasteiger partial charge in [0.05, 0.1) is 0 Å². The van der Waals surface area contributed by atoms with Gasteiger partial charge in [-0.2, -0.15) is 0 Å². The Hall–Kier alpha value is -2.14. The van der Waals surface area contributed by atoms with E-state index in [2.05, 4.69) is 72.3 Å². The summed E-state index contributed by atoms with van der Waals surface area (Å²) in [6, 6.07) is 13.5. The summed E-state index contributed by atoms with van der Waals surface area (Å²) in [5.41, 5.74) is 3.86. The van der Waals surface area contributed by atoms with Gasteiger partial charge < -0.3 is 10.6 Å². The molecule has 1 aliphatic carbocycles. The van der Waals surface area contributed by atoms with Crippen LogP contribution in [-0.2, 0) is 0 Å². The van der Waals surface area contributed by atoms with E-state index in [1.165, 1.54) is 34.0 Å². The molecule has 0 bridgehead atoms. The number of rotatable bonds is 10. The molecule has 38 heavy (non-hydrogen) atoms. The fourth-order valence-corrected chi connectivity index (χ4v) is 4.62. The largest absolute Gasteiger partial charge is 0.344 e. The van der Waals surface area contributed by atoms with Crippen molar-refractivity contribution in [2.24, 2.45) is 4.99 Å². The lowest BCUT2D eigenvalue weighted by Crippen LogP contribution is -2.34. The van der Waals surface area contributed by atoms with Crippen LogP contribution in [0.15, 0.2) is 64.1 Å². The van der Waals surface area contributed by atoms with Gasteiger partial charge >= 0.3 is 0 Å². The number of nitrogens with one attached hydrogen (secondary N) is 3. The van der Waals surface area contributed by atoms with Gasteiger partial charge in [-0.15, -0.1) is 0 Å². The molecule has 0 radical (unpaired) electrons. The Bertz CT molecular complexity index is 1020. The van der Waals surface area contributed by atoms with E-state index in [9.17, 15) is 0 Å². The zero-order chi connectivity index (χ0) is 28.3. The van der Waals surface area contributed by atoms with Crippen LogP contribution in [0.5, 0.6) is 0 Å². The minimum Gasteiger partial charge on any atom is -0.344 e. The Morgan fingerprint density at radius 1 is 0.974 bits per heavy atom. The first kappa shape index (κ1) is 33.9. The molecule has 1 aliphatic heterocycles. The van der Waals surface area contributed by atoms with Crippen LogP contribution in [0, 0.1) is 0 Å².